The maximum atomic E-state index is 12.2. The molecule has 0 aliphatic heterocycles. The van der Waals surface area contributed by atoms with E-state index < -0.39 is 11.9 Å². The minimum absolute atomic E-state index is 0.0747. The van der Waals surface area contributed by atoms with E-state index in [4.69, 9.17) is 14.2 Å². The van der Waals surface area contributed by atoms with Gasteiger partial charge in [0.1, 0.15) is 6.61 Å². The molecule has 0 saturated heterocycles. The first-order valence-corrected chi connectivity index (χ1v) is 8.71. The first-order valence-electron chi connectivity index (χ1n) is 8.71. The normalized spacial score (nSPS) is 10.2. The third-order valence-electron chi connectivity index (χ3n) is 4.09. The van der Waals surface area contributed by atoms with Gasteiger partial charge in [-0.05, 0) is 42.0 Å². The van der Waals surface area contributed by atoms with E-state index >= 15 is 0 Å². The van der Waals surface area contributed by atoms with Crippen LogP contribution in [0.2, 0.25) is 0 Å². The van der Waals surface area contributed by atoms with Crippen LogP contribution >= 0.6 is 0 Å². The number of hydrogen-bond donors (Lipinski definition) is 0. The molecule has 0 bridgehead atoms. The summed E-state index contributed by atoms with van der Waals surface area (Å²) >= 11 is 0. The number of aromatic nitrogens is 3. The molecule has 0 spiro atoms. The maximum Gasteiger partial charge on any atom is 0.338 e. The molecule has 3 aromatic heterocycles. The minimum atomic E-state index is -0.565. The summed E-state index contributed by atoms with van der Waals surface area (Å²) in [5.41, 5.74) is 2.77. The van der Waals surface area contributed by atoms with Crippen molar-refractivity contribution >= 4 is 18.4 Å². The smallest absolute Gasteiger partial charge is 0.338 e. The summed E-state index contributed by atoms with van der Waals surface area (Å²) in [7, 11) is 2.55. The zero-order chi connectivity index (χ0) is 21.5. The van der Waals surface area contributed by atoms with E-state index in [1.54, 1.807) is 18.3 Å². The molecule has 9 heteroatoms. The van der Waals surface area contributed by atoms with Gasteiger partial charge in [0.2, 0.25) is 0 Å². The molecule has 152 valence electrons. The molecular weight excluding hydrogens is 390 g/mol. The second kappa shape index (κ2) is 9.37. The Hall–Kier alpha value is -4.14. The lowest BCUT2D eigenvalue weighted by Gasteiger charge is -2.09. The Balaban J connectivity index is 2.11. The topological polar surface area (TPSA) is 118 Å². The van der Waals surface area contributed by atoms with Gasteiger partial charge in [-0.25, -0.2) is 14.6 Å². The van der Waals surface area contributed by atoms with Crippen LogP contribution in [0.15, 0.2) is 48.8 Å². The fraction of sp³-hybridized carbons (Fsp3) is 0.143. The van der Waals surface area contributed by atoms with Crippen LogP contribution in [-0.2, 0) is 25.6 Å². The molecule has 0 N–H and O–H groups in total. The Bertz CT molecular complexity index is 1100. The fourth-order valence-electron chi connectivity index (χ4n) is 2.68. The lowest BCUT2D eigenvalue weighted by Crippen LogP contribution is -2.05. The second-order valence-electron chi connectivity index (χ2n) is 6.00. The Morgan fingerprint density at radius 2 is 1.40 bits per heavy atom. The Labute approximate surface area is 171 Å². The number of carbonyl (C=O) groups is 3. The predicted molar refractivity (Wildman–Crippen MR) is 104 cm³/mol. The zero-order valence-corrected chi connectivity index (χ0v) is 16.2. The molecule has 0 unspecified atom stereocenters. The van der Waals surface area contributed by atoms with Crippen molar-refractivity contribution in [2.75, 3.05) is 14.2 Å². The molecule has 0 fully saturated rings. The van der Waals surface area contributed by atoms with Gasteiger partial charge in [-0.3, -0.25) is 14.8 Å². The molecule has 0 atom stereocenters. The van der Waals surface area contributed by atoms with E-state index in [0.717, 1.165) is 0 Å². The molecule has 0 aliphatic rings. The molecule has 0 aliphatic carbocycles. The van der Waals surface area contributed by atoms with E-state index in [-0.39, 0.29) is 12.2 Å². The van der Waals surface area contributed by atoms with Gasteiger partial charge in [0.05, 0.1) is 48.1 Å². The third-order valence-corrected chi connectivity index (χ3v) is 4.09. The molecule has 3 aromatic rings. The monoisotopic (exact) mass is 407 g/mol. The summed E-state index contributed by atoms with van der Waals surface area (Å²) in [5.74, 6) is -1.09. The SMILES string of the molecule is COC(=O)c1ccnc(-c2cc(C(=O)OC)cc(-c3cc(COC=O)ccn3)n2)c1. The highest BCUT2D eigenvalue weighted by Gasteiger charge is 2.16. The predicted octanol–water partition coefficient (Wildman–Crippen LogP) is 2.45. The van der Waals surface area contributed by atoms with Crippen LogP contribution in [0.3, 0.4) is 0 Å². The average Bonchev–Trinajstić information content (AvgIpc) is 2.81. The number of rotatable bonds is 7. The average molecular weight is 407 g/mol. The quantitative estimate of drug-likeness (QED) is 0.330. The van der Waals surface area contributed by atoms with Crippen LogP contribution in [0.25, 0.3) is 22.8 Å². The number of carbonyl (C=O) groups excluding carboxylic acids is 3. The van der Waals surface area contributed by atoms with E-state index in [9.17, 15) is 14.4 Å². The number of methoxy groups -OCH3 is 2. The van der Waals surface area contributed by atoms with Crippen LogP contribution in [-0.4, -0.2) is 47.6 Å². The highest BCUT2D eigenvalue weighted by Crippen LogP contribution is 2.24. The highest BCUT2D eigenvalue weighted by atomic mass is 16.5. The van der Waals surface area contributed by atoms with Gasteiger partial charge >= 0.3 is 11.9 Å². The molecule has 0 radical (unpaired) electrons. The van der Waals surface area contributed by atoms with Gasteiger partial charge in [0.25, 0.3) is 6.47 Å². The van der Waals surface area contributed by atoms with E-state index in [0.29, 0.717) is 40.4 Å². The van der Waals surface area contributed by atoms with Crippen molar-refractivity contribution < 1.29 is 28.6 Å². The summed E-state index contributed by atoms with van der Waals surface area (Å²) < 4.78 is 14.3. The lowest BCUT2D eigenvalue weighted by atomic mass is 10.1. The van der Waals surface area contributed by atoms with E-state index in [1.807, 2.05) is 0 Å². The summed E-state index contributed by atoms with van der Waals surface area (Å²) in [4.78, 5) is 47.5. The zero-order valence-electron chi connectivity index (χ0n) is 16.2. The van der Waals surface area contributed by atoms with Gasteiger partial charge in [-0.2, -0.15) is 0 Å². The van der Waals surface area contributed by atoms with Crippen molar-refractivity contribution in [1.29, 1.82) is 0 Å². The summed E-state index contributed by atoms with van der Waals surface area (Å²) in [6.07, 6.45) is 2.99. The van der Waals surface area contributed by atoms with Gasteiger partial charge in [0, 0.05) is 12.4 Å². The molecule has 3 heterocycles. The number of esters is 2. The molecule has 9 nitrogen and oxygen atoms in total. The van der Waals surface area contributed by atoms with Crippen LogP contribution in [0, 0.1) is 0 Å². The molecule has 0 amide bonds. The first-order chi connectivity index (χ1) is 14.5. The largest absolute Gasteiger partial charge is 0.465 e. The second-order valence-corrected chi connectivity index (χ2v) is 6.00. The molecule has 0 saturated carbocycles. The van der Waals surface area contributed by atoms with Crippen molar-refractivity contribution in [1.82, 2.24) is 15.0 Å². The van der Waals surface area contributed by atoms with E-state index in [2.05, 4.69) is 15.0 Å². The lowest BCUT2D eigenvalue weighted by molar-refractivity contribution is -0.129. The Morgan fingerprint density at radius 3 is 2.03 bits per heavy atom. The van der Waals surface area contributed by atoms with Gasteiger partial charge in [0.15, 0.2) is 0 Å². The van der Waals surface area contributed by atoms with Gasteiger partial charge in [-0.15, -0.1) is 0 Å². The molecular formula is C21H17N3O6. The van der Waals surface area contributed by atoms with Crippen molar-refractivity contribution in [3.63, 3.8) is 0 Å². The maximum absolute atomic E-state index is 12.2. The van der Waals surface area contributed by atoms with Crippen molar-refractivity contribution in [3.05, 3.63) is 65.5 Å². The van der Waals surface area contributed by atoms with E-state index in [1.165, 1.54) is 44.7 Å². The van der Waals surface area contributed by atoms with Crippen molar-refractivity contribution in [2.24, 2.45) is 0 Å². The number of ether oxygens (including phenoxy) is 3. The Morgan fingerprint density at radius 1 is 0.833 bits per heavy atom. The Kier molecular flexibility index (Phi) is 6.43. The minimum Gasteiger partial charge on any atom is -0.465 e. The van der Waals surface area contributed by atoms with Crippen LogP contribution in [0.4, 0.5) is 0 Å². The standard InChI is InChI=1S/C21H17N3O6/c1-28-20(26)14-4-6-23-17(8-14)19-10-15(21(27)29-2)9-18(24-19)16-7-13(3-5-22-16)11-30-12-25/h3-10,12H,11H2,1-2H3. The van der Waals surface area contributed by atoms with Gasteiger partial charge in [-0.1, -0.05) is 0 Å². The fourth-order valence-corrected chi connectivity index (χ4v) is 2.68. The highest BCUT2D eigenvalue weighted by molar-refractivity contribution is 5.93. The van der Waals surface area contributed by atoms with Crippen molar-refractivity contribution in [2.45, 2.75) is 6.61 Å². The number of pyridine rings is 3. The van der Waals surface area contributed by atoms with Crippen LogP contribution in [0.1, 0.15) is 26.3 Å². The molecule has 0 aromatic carbocycles. The van der Waals surface area contributed by atoms with Crippen LogP contribution < -0.4 is 0 Å². The van der Waals surface area contributed by atoms with Gasteiger partial charge < -0.3 is 14.2 Å². The van der Waals surface area contributed by atoms with Crippen molar-refractivity contribution in [3.8, 4) is 22.8 Å². The molecule has 30 heavy (non-hydrogen) atoms. The molecule has 3 rings (SSSR count). The number of nitrogens with zero attached hydrogens (tertiary/aromatic N) is 3. The summed E-state index contributed by atoms with van der Waals surface area (Å²) in [6, 6.07) is 9.46. The van der Waals surface area contributed by atoms with Crippen LogP contribution in [0.5, 0.6) is 0 Å². The summed E-state index contributed by atoms with van der Waals surface area (Å²) in [5, 5.41) is 0. The summed E-state index contributed by atoms with van der Waals surface area (Å²) in [6.45, 7) is 0.430. The first kappa shape index (κ1) is 20.6. The number of hydrogen-bond acceptors (Lipinski definition) is 9. The third kappa shape index (κ3) is 4.64.